The normalized spacial score (nSPS) is 21.3. The number of rotatable bonds is 5. The predicted octanol–water partition coefficient (Wildman–Crippen LogP) is 4.09. The van der Waals surface area contributed by atoms with Crippen LogP contribution in [-0.4, -0.2) is 25.1 Å². The molecule has 0 spiro atoms. The molecule has 6 nitrogen and oxygen atoms in total. The van der Waals surface area contributed by atoms with Gasteiger partial charge in [0.15, 0.2) is 0 Å². The molecule has 2 atom stereocenters. The fourth-order valence-electron chi connectivity index (χ4n) is 4.65. The molecule has 2 aliphatic rings. The van der Waals surface area contributed by atoms with Crippen molar-refractivity contribution in [1.82, 2.24) is 4.90 Å². The average molecular weight is 441 g/mol. The molecule has 1 saturated carbocycles. The molecular weight excluding hydrogens is 412 g/mol. The van der Waals surface area contributed by atoms with Crippen LogP contribution in [-0.2, 0) is 26.2 Å². The molecule has 4 rings (SSSR count). The molecule has 2 aromatic carbocycles. The molecule has 2 unspecified atom stereocenters. The summed E-state index contributed by atoms with van der Waals surface area (Å²) in [6.45, 7) is 5.61. The maximum atomic E-state index is 13.2. The van der Waals surface area contributed by atoms with E-state index >= 15 is 0 Å². The van der Waals surface area contributed by atoms with E-state index in [1.807, 2.05) is 26.0 Å². The van der Waals surface area contributed by atoms with Crippen molar-refractivity contribution >= 4 is 27.5 Å². The lowest BCUT2D eigenvalue weighted by Crippen LogP contribution is -2.30. The van der Waals surface area contributed by atoms with Crippen molar-refractivity contribution < 1.29 is 18.0 Å². The second kappa shape index (κ2) is 8.11. The fraction of sp³-hybridized carbons (Fsp3) is 0.417. The van der Waals surface area contributed by atoms with Crippen molar-refractivity contribution in [3.63, 3.8) is 0 Å². The third kappa shape index (κ3) is 4.11. The minimum Gasteiger partial charge on any atom is -0.279 e. The van der Waals surface area contributed by atoms with Crippen LogP contribution in [0.2, 0.25) is 0 Å². The van der Waals surface area contributed by atoms with E-state index in [0.717, 1.165) is 36.8 Å². The summed E-state index contributed by atoms with van der Waals surface area (Å²) in [5, 5.41) is 0. The highest BCUT2D eigenvalue weighted by atomic mass is 32.2. The Morgan fingerprint density at radius 1 is 0.903 bits per heavy atom. The summed E-state index contributed by atoms with van der Waals surface area (Å²) in [4.78, 5) is 27.1. The van der Waals surface area contributed by atoms with Gasteiger partial charge in [0, 0.05) is 0 Å². The molecule has 1 heterocycles. The Morgan fingerprint density at radius 3 is 2.16 bits per heavy atom. The summed E-state index contributed by atoms with van der Waals surface area (Å²) >= 11 is 0. The monoisotopic (exact) mass is 440 g/mol. The number of aryl methyl sites for hydroxylation is 3. The first-order valence-corrected chi connectivity index (χ1v) is 12.2. The van der Waals surface area contributed by atoms with Gasteiger partial charge in [-0.1, -0.05) is 37.1 Å². The maximum absolute atomic E-state index is 13.2. The number of hydrogen-bond donors (Lipinski definition) is 1. The topological polar surface area (TPSA) is 83.6 Å². The predicted molar refractivity (Wildman–Crippen MR) is 119 cm³/mol. The van der Waals surface area contributed by atoms with Gasteiger partial charge in [-0.3, -0.25) is 19.2 Å². The first-order valence-electron chi connectivity index (χ1n) is 10.7. The number of nitrogens with zero attached hydrogens (tertiary/aromatic N) is 1. The molecule has 1 aliphatic carbocycles. The van der Waals surface area contributed by atoms with Crippen molar-refractivity contribution in [2.45, 2.75) is 57.9 Å². The molecule has 2 amide bonds. The molecule has 0 aromatic heterocycles. The summed E-state index contributed by atoms with van der Waals surface area (Å²) in [6, 6.07) is 10.7. The van der Waals surface area contributed by atoms with E-state index in [2.05, 4.69) is 4.72 Å². The Kier molecular flexibility index (Phi) is 5.64. The van der Waals surface area contributed by atoms with E-state index in [9.17, 15) is 18.0 Å². The number of likely N-dealkylation sites (tertiary alicyclic amines) is 1. The summed E-state index contributed by atoms with van der Waals surface area (Å²) in [7, 11) is -3.83. The lowest BCUT2D eigenvalue weighted by atomic mass is 9.81. The van der Waals surface area contributed by atoms with Crippen LogP contribution in [0.1, 0.15) is 47.9 Å². The zero-order valence-electron chi connectivity index (χ0n) is 18.1. The van der Waals surface area contributed by atoms with E-state index in [4.69, 9.17) is 0 Å². The van der Waals surface area contributed by atoms with Crippen molar-refractivity contribution in [2.24, 2.45) is 11.8 Å². The van der Waals surface area contributed by atoms with Crippen molar-refractivity contribution in [1.29, 1.82) is 0 Å². The second-order valence-corrected chi connectivity index (χ2v) is 10.4. The number of nitrogens with one attached hydrogen (secondary N) is 1. The molecule has 7 heteroatoms. The van der Waals surface area contributed by atoms with E-state index in [1.54, 1.807) is 31.2 Å². The Bertz CT molecular complexity index is 1130. The molecular formula is C24H28N2O4S. The minimum absolute atomic E-state index is 0.108. The Morgan fingerprint density at radius 2 is 1.52 bits per heavy atom. The molecule has 1 N–H and O–H groups in total. The number of anilines is 1. The van der Waals surface area contributed by atoms with E-state index in [1.165, 1.54) is 4.90 Å². The standard InChI is InChI=1S/C24H28N2O4S/c1-15-8-9-16(2)21(12-15)25-31(29,30)22-13-18(11-10-17(22)3)14-26-23(27)19-6-4-5-7-20(19)24(26)28/h8-13,19-20,25H,4-7,14H2,1-3H3. The first-order chi connectivity index (χ1) is 14.7. The number of carbonyl (C=O) groups is 2. The van der Waals surface area contributed by atoms with Crippen LogP contribution in [0.4, 0.5) is 5.69 Å². The number of sulfonamides is 1. The maximum Gasteiger partial charge on any atom is 0.262 e. The van der Waals surface area contributed by atoms with Crippen LogP contribution >= 0.6 is 0 Å². The van der Waals surface area contributed by atoms with Gasteiger partial charge >= 0.3 is 0 Å². The zero-order chi connectivity index (χ0) is 22.3. The number of fused-ring (bicyclic) bond motifs is 1. The highest BCUT2D eigenvalue weighted by Gasteiger charge is 2.47. The molecule has 1 saturated heterocycles. The van der Waals surface area contributed by atoms with Gasteiger partial charge in [-0.15, -0.1) is 0 Å². The Hall–Kier alpha value is -2.67. The van der Waals surface area contributed by atoms with Crippen LogP contribution in [0.5, 0.6) is 0 Å². The number of amides is 2. The summed E-state index contributed by atoms with van der Waals surface area (Å²) in [5.74, 6) is -0.650. The minimum atomic E-state index is -3.83. The molecule has 0 radical (unpaired) electrons. The van der Waals surface area contributed by atoms with E-state index in [-0.39, 0.29) is 35.1 Å². The number of benzene rings is 2. The molecule has 1 aliphatic heterocycles. The number of hydrogen-bond acceptors (Lipinski definition) is 4. The molecule has 0 bridgehead atoms. The third-order valence-corrected chi connectivity index (χ3v) is 7.96. The smallest absolute Gasteiger partial charge is 0.262 e. The van der Waals surface area contributed by atoms with E-state index < -0.39 is 10.0 Å². The van der Waals surface area contributed by atoms with Crippen LogP contribution in [0.25, 0.3) is 0 Å². The van der Waals surface area contributed by atoms with Gasteiger partial charge in [0.2, 0.25) is 11.8 Å². The van der Waals surface area contributed by atoms with Crippen molar-refractivity contribution in [3.8, 4) is 0 Å². The average Bonchev–Trinajstić information content (AvgIpc) is 2.97. The SMILES string of the molecule is Cc1ccc(C)c(NS(=O)(=O)c2cc(CN3C(=O)C4CCCCC4C3=O)ccc2C)c1. The van der Waals surface area contributed by atoms with Gasteiger partial charge in [-0.05, 0) is 68.0 Å². The Balaban J connectivity index is 1.60. The molecule has 164 valence electrons. The van der Waals surface area contributed by atoms with Crippen LogP contribution in [0, 0.1) is 32.6 Å². The summed E-state index contributed by atoms with van der Waals surface area (Å²) in [5.41, 5.74) is 3.57. The van der Waals surface area contributed by atoms with Crippen LogP contribution in [0.3, 0.4) is 0 Å². The molecule has 31 heavy (non-hydrogen) atoms. The highest BCUT2D eigenvalue weighted by Crippen LogP contribution is 2.38. The zero-order valence-corrected chi connectivity index (χ0v) is 19.0. The molecule has 2 fully saturated rings. The summed E-state index contributed by atoms with van der Waals surface area (Å²) < 4.78 is 29.0. The van der Waals surface area contributed by atoms with Gasteiger partial charge in [-0.2, -0.15) is 0 Å². The summed E-state index contributed by atoms with van der Waals surface area (Å²) in [6.07, 6.45) is 3.48. The fourth-order valence-corrected chi connectivity index (χ4v) is 6.07. The van der Waals surface area contributed by atoms with Crippen LogP contribution in [0.15, 0.2) is 41.3 Å². The van der Waals surface area contributed by atoms with Crippen molar-refractivity contribution in [2.75, 3.05) is 4.72 Å². The largest absolute Gasteiger partial charge is 0.279 e. The van der Waals surface area contributed by atoms with E-state index in [0.29, 0.717) is 16.8 Å². The van der Waals surface area contributed by atoms with Gasteiger partial charge in [0.05, 0.1) is 29.0 Å². The van der Waals surface area contributed by atoms with Crippen LogP contribution < -0.4 is 4.72 Å². The highest BCUT2D eigenvalue weighted by molar-refractivity contribution is 7.92. The van der Waals surface area contributed by atoms with Gasteiger partial charge in [0.1, 0.15) is 0 Å². The Labute approximate surface area is 183 Å². The van der Waals surface area contributed by atoms with Gasteiger partial charge in [0.25, 0.3) is 10.0 Å². The second-order valence-electron chi connectivity index (χ2n) is 8.78. The number of imide groups is 1. The van der Waals surface area contributed by atoms with Gasteiger partial charge in [-0.25, -0.2) is 8.42 Å². The third-order valence-electron chi connectivity index (χ3n) is 6.45. The first kappa shape index (κ1) is 21.6. The lowest BCUT2D eigenvalue weighted by molar-refractivity contribution is -0.140. The lowest BCUT2D eigenvalue weighted by Gasteiger charge is -2.19. The number of carbonyl (C=O) groups excluding carboxylic acids is 2. The van der Waals surface area contributed by atoms with Gasteiger partial charge < -0.3 is 0 Å². The van der Waals surface area contributed by atoms with Crippen molar-refractivity contribution in [3.05, 3.63) is 58.7 Å². The molecule has 2 aromatic rings. The quantitative estimate of drug-likeness (QED) is 0.710.